The number of halogens is 1. The van der Waals surface area contributed by atoms with E-state index in [-0.39, 0.29) is 6.54 Å². The molecule has 7 heteroatoms. The third kappa shape index (κ3) is 3.83. The second-order valence-corrected chi connectivity index (χ2v) is 4.05. The Labute approximate surface area is 103 Å². The van der Waals surface area contributed by atoms with Gasteiger partial charge in [-0.15, -0.1) is 0 Å². The van der Waals surface area contributed by atoms with Crippen molar-refractivity contribution in [1.82, 2.24) is 9.72 Å². The van der Waals surface area contributed by atoms with Crippen LogP contribution in [0.25, 0.3) is 0 Å². The Balaban J connectivity index is 2.53. The molecular weight excluding hydrogens is 243 g/mol. The molecule has 1 aromatic rings. The number of aromatic nitrogens is 2. The lowest BCUT2D eigenvalue weighted by Gasteiger charge is -2.03. The first-order chi connectivity index (χ1) is 8.41. The fraction of sp³-hybridized carbons (Fsp3) is 0.545. The normalized spacial score (nSPS) is 13.6. The van der Waals surface area contributed by atoms with Gasteiger partial charge in [0, 0.05) is 0 Å². The Morgan fingerprint density at radius 1 is 1.67 bits per heavy atom. The van der Waals surface area contributed by atoms with Crippen molar-refractivity contribution in [3.63, 3.8) is 0 Å². The van der Waals surface area contributed by atoms with Gasteiger partial charge in [-0.2, -0.15) is 0 Å². The largest absolute Gasteiger partial charge is 0.481 e. The summed E-state index contributed by atoms with van der Waals surface area (Å²) in [5.74, 6) is -2.36. The number of carboxylic acids is 1. The monoisotopic (exact) mass is 258 g/mol. The predicted octanol–water partition coefficient (Wildman–Crippen LogP) is 1.50. The third-order valence-electron chi connectivity index (χ3n) is 2.56. The van der Waals surface area contributed by atoms with Gasteiger partial charge in [0.1, 0.15) is 5.83 Å². The Hall–Kier alpha value is -1.92. The summed E-state index contributed by atoms with van der Waals surface area (Å²) in [6.07, 6.45) is 1.93. The Kier molecular flexibility index (Phi) is 4.82. The van der Waals surface area contributed by atoms with Gasteiger partial charge < -0.3 is 5.11 Å². The van der Waals surface area contributed by atoms with Crippen LogP contribution in [0.3, 0.4) is 0 Å². The minimum Gasteiger partial charge on any atom is -0.481 e. The van der Waals surface area contributed by atoms with Gasteiger partial charge in [-0.05, 0) is 19.8 Å². The van der Waals surface area contributed by atoms with Gasteiger partial charge in [0.2, 0.25) is 0 Å². The van der Waals surface area contributed by atoms with Gasteiger partial charge in [-0.3, -0.25) is 13.9 Å². The summed E-state index contributed by atoms with van der Waals surface area (Å²) in [7, 11) is 0. The van der Waals surface area contributed by atoms with E-state index in [2.05, 4.69) is 9.68 Å². The van der Waals surface area contributed by atoms with Crippen molar-refractivity contribution in [1.29, 1.82) is 0 Å². The molecular formula is C11H15FN2O4. The maximum atomic E-state index is 13.5. The number of carboxylic acid groups (broad SMARTS) is 1. The number of allylic oxidation sites excluding steroid dienone is 2. The average molecular weight is 258 g/mol. The van der Waals surface area contributed by atoms with Crippen LogP contribution in [0, 0.1) is 12.8 Å². The lowest BCUT2D eigenvalue weighted by Crippen LogP contribution is -2.16. The van der Waals surface area contributed by atoms with E-state index < -0.39 is 23.5 Å². The van der Waals surface area contributed by atoms with E-state index in [0.29, 0.717) is 18.7 Å². The summed E-state index contributed by atoms with van der Waals surface area (Å²) in [4.78, 5) is 21.6. The molecule has 1 heterocycles. The zero-order valence-corrected chi connectivity index (χ0v) is 10.2. The van der Waals surface area contributed by atoms with Crippen molar-refractivity contribution in [2.45, 2.75) is 33.2 Å². The minimum atomic E-state index is -0.907. The van der Waals surface area contributed by atoms with E-state index in [1.54, 1.807) is 6.92 Å². The highest BCUT2D eigenvalue weighted by Crippen LogP contribution is 2.10. The Morgan fingerprint density at radius 3 is 2.83 bits per heavy atom. The quantitative estimate of drug-likeness (QED) is 0.835. The van der Waals surface area contributed by atoms with Crippen LogP contribution in [-0.2, 0) is 11.3 Å². The van der Waals surface area contributed by atoms with Gasteiger partial charge in [-0.25, -0.2) is 9.18 Å². The lowest BCUT2D eigenvalue weighted by molar-refractivity contribution is -0.141. The highest BCUT2D eigenvalue weighted by Gasteiger charge is 2.10. The summed E-state index contributed by atoms with van der Waals surface area (Å²) in [6.45, 7) is 2.85. The molecule has 1 aromatic heterocycles. The highest BCUT2D eigenvalue weighted by molar-refractivity contribution is 5.69. The molecule has 1 atom stereocenters. The number of aryl methyl sites for hydroxylation is 1. The zero-order valence-electron chi connectivity index (χ0n) is 10.2. The van der Waals surface area contributed by atoms with Crippen LogP contribution < -0.4 is 5.76 Å². The summed E-state index contributed by atoms with van der Waals surface area (Å²) in [5, 5.41) is 12.1. The van der Waals surface area contributed by atoms with Gasteiger partial charge in [-0.1, -0.05) is 18.2 Å². The minimum absolute atomic E-state index is 0.240. The molecule has 0 bridgehead atoms. The topological polar surface area (TPSA) is 85.3 Å². The number of aliphatic carboxylic acids is 1. The highest BCUT2D eigenvalue weighted by atomic mass is 19.1. The third-order valence-corrected chi connectivity index (χ3v) is 2.56. The molecule has 18 heavy (non-hydrogen) atoms. The SMILES string of the molecule is Cc1noc(=O)n1C/C(F)=C\CCC(C)C(=O)O. The molecule has 0 aliphatic carbocycles. The molecule has 6 nitrogen and oxygen atoms in total. The molecule has 0 radical (unpaired) electrons. The van der Waals surface area contributed by atoms with E-state index in [0.717, 1.165) is 4.57 Å². The van der Waals surface area contributed by atoms with Crippen molar-refractivity contribution in [2.24, 2.45) is 5.92 Å². The molecule has 100 valence electrons. The van der Waals surface area contributed by atoms with Crippen molar-refractivity contribution in [3.05, 3.63) is 28.3 Å². The first-order valence-electron chi connectivity index (χ1n) is 5.52. The molecule has 0 saturated heterocycles. The molecule has 1 N–H and O–H groups in total. The van der Waals surface area contributed by atoms with E-state index in [4.69, 9.17) is 5.11 Å². The second-order valence-electron chi connectivity index (χ2n) is 4.05. The second kappa shape index (κ2) is 6.13. The van der Waals surface area contributed by atoms with Crippen LogP contribution >= 0.6 is 0 Å². The molecule has 1 unspecified atom stereocenters. The van der Waals surface area contributed by atoms with E-state index in [9.17, 15) is 14.0 Å². The van der Waals surface area contributed by atoms with Crippen LogP contribution in [0.2, 0.25) is 0 Å². The number of rotatable bonds is 6. The molecule has 0 fully saturated rings. The van der Waals surface area contributed by atoms with Gasteiger partial charge in [0.15, 0.2) is 5.82 Å². The number of carbonyl (C=O) groups is 1. The summed E-state index contributed by atoms with van der Waals surface area (Å²) in [6, 6.07) is 0. The maximum absolute atomic E-state index is 13.5. The molecule has 0 spiro atoms. The fourth-order valence-electron chi connectivity index (χ4n) is 1.34. The van der Waals surface area contributed by atoms with Crippen LogP contribution in [0.15, 0.2) is 21.2 Å². The average Bonchev–Trinajstić information content (AvgIpc) is 2.60. The van der Waals surface area contributed by atoms with Crippen molar-refractivity contribution in [2.75, 3.05) is 0 Å². The lowest BCUT2D eigenvalue weighted by atomic mass is 10.1. The fourth-order valence-corrected chi connectivity index (χ4v) is 1.34. The van der Waals surface area contributed by atoms with Crippen LogP contribution in [0.1, 0.15) is 25.6 Å². The smallest absolute Gasteiger partial charge is 0.441 e. The van der Waals surface area contributed by atoms with Crippen LogP contribution in [0.4, 0.5) is 4.39 Å². The molecule has 0 saturated carbocycles. The maximum Gasteiger partial charge on any atom is 0.441 e. The molecule has 0 amide bonds. The molecule has 0 aliphatic rings. The van der Waals surface area contributed by atoms with Gasteiger partial charge in [0.25, 0.3) is 0 Å². The Morgan fingerprint density at radius 2 is 2.33 bits per heavy atom. The molecule has 0 aromatic carbocycles. The summed E-state index contributed by atoms with van der Waals surface area (Å²) in [5.41, 5.74) is 0. The van der Waals surface area contributed by atoms with Crippen molar-refractivity contribution in [3.8, 4) is 0 Å². The molecule has 0 aliphatic heterocycles. The van der Waals surface area contributed by atoms with Gasteiger partial charge in [0.05, 0.1) is 12.5 Å². The number of hydrogen-bond acceptors (Lipinski definition) is 4. The number of hydrogen-bond donors (Lipinski definition) is 1. The van der Waals surface area contributed by atoms with E-state index in [1.165, 1.54) is 13.0 Å². The van der Waals surface area contributed by atoms with Gasteiger partial charge >= 0.3 is 11.7 Å². The summed E-state index contributed by atoms with van der Waals surface area (Å²) < 4.78 is 18.9. The number of nitrogens with zero attached hydrogens (tertiary/aromatic N) is 2. The van der Waals surface area contributed by atoms with Crippen LogP contribution in [0.5, 0.6) is 0 Å². The predicted molar refractivity (Wildman–Crippen MR) is 60.7 cm³/mol. The van der Waals surface area contributed by atoms with Crippen molar-refractivity contribution < 1.29 is 18.8 Å². The Bertz CT molecular complexity index is 503. The zero-order chi connectivity index (χ0) is 13.7. The standard InChI is InChI=1S/C11H15FN2O4/c1-7(10(15)16)4-3-5-9(12)6-14-8(2)13-18-11(14)17/h5,7H,3-4,6H2,1-2H3,(H,15,16)/b9-5+. The molecule has 1 rings (SSSR count). The van der Waals surface area contributed by atoms with E-state index >= 15 is 0 Å². The van der Waals surface area contributed by atoms with Crippen molar-refractivity contribution >= 4 is 5.97 Å². The van der Waals surface area contributed by atoms with Crippen LogP contribution in [-0.4, -0.2) is 20.8 Å². The first kappa shape index (κ1) is 14.1. The van der Waals surface area contributed by atoms with E-state index in [1.807, 2.05) is 0 Å². The summed E-state index contributed by atoms with van der Waals surface area (Å²) >= 11 is 0. The first-order valence-corrected chi connectivity index (χ1v) is 5.52.